The van der Waals surface area contributed by atoms with Crippen LogP contribution in [0.1, 0.15) is 119 Å². The first-order chi connectivity index (χ1) is 18.1. The molecule has 38 heavy (non-hydrogen) atoms. The average Bonchev–Trinajstić information content (AvgIpc) is 2.86. The van der Waals surface area contributed by atoms with Gasteiger partial charge in [0.2, 0.25) is 5.60 Å². The van der Waals surface area contributed by atoms with E-state index in [2.05, 4.69) is 13.8 Å². The smallest absolute Gasteiger partial charge is 0.342 e. The highest BCUT2D eigenvalue weighted by Crippen LogP contribution is 2.30. The van der Waals surface area contributed by atoms with E-state index in [4.69, 9.17) is 23.7 Å². The van der Waals surface area contributed by atoms with Gasteiger partial charge >= 0.3 is 11.9 Å². The molecular formula is C28H54O10. The van der Waals surface area contributed by atoms with Crippen LogP contribution >= 0.6 is 0 Å². The van der Waals surface area contributed by atoms with Gasteiger partial charge in [-0.15, -0.1) is 0 Å². The van der Waals surface area contributed by atoms with E-state index >= 15 is 0 Å². The number of hydrogen-bond donors (Lipinski definition) is 3. The molecule has 6 unspecified atom stereocenters. The van der Waals surface area contributed by atoms with Crippen molar-refractivity contribution in [2.24, 2.45) is 0 Å². The molecule has 0 bridgehead atoms. The van der Waals surface area contributed by atoms with E-state index in [1.165, 1.54) is 13.8 Å². The molecular weight excluding hydrogens is 496 g/mol. The van der Waals surface area contributed by atoms with Crippen molar-refractivity contribution in [2.75, 3.05) is 13.2 Å². The van der Waals surface area contributed by atoms with Gasteiger partial charge in [-0.05, 0) is 53.4 Å². The van der Waals surface area contributed by atoms with Gasteiger partial charge in [0.15, 0.2) is 25.0 Å². The van der Waals surface area contributed by atoms with E-state index in [9.17, 15) is 24.9 Å². The number of carboxylic acid groups (broad SMARTS) is 2. The monoisotopic (exact) mass is 550 g/mol. The highest BCUT2D eigenvalue weighted by atomic mass is 16.8. The summed E-state index contributed by atoms with van der Waals surface area (Å²) in [6.07, 6.45) is 4.91. The Morgan fingerprint density at radius 1 is 0.711 bits per heavy atom. The quantitative estimate of drug-likeness (QED) is 0.0935. The summed E-state index contributed by atoms with van der Waals surface area (Å²) in [6.45, 7) is 11.4. The summed E-state index contributed by atoms with van der Waals surface area (Å²) in [4.78, 5) is 24.4. The lowest BCUT2D eigenvalue weighted by atomic mass is 9.90. The van der Waals surface area contributed by atoms with E-state index in [0.717, 1.165) is 64.2 Å². The standard InChI is InChI=1S/C28H54O10/c1-7-11-13-15-17-19-23(34-9-3)36-21(5)28(27(32)33,25(29)26(30)31)38-22(6)37-24(35-10-4)20-18-16-14-12-8-2/h21-25,29H,7-20H2,1-6H3,(H,30,31)(H,32,33). The zero-order valence-electron chi connectivity index (χ0n) is 24.5. The third-order valence-electron chi connectivity index (χ3n) is 6.43. The van der Waals surface area contributed by atoms with Crippen molar-refractivity contribution < 1.29 is 48.6 Å². The van der Waals surface area contributed by atoms with E-state index < -0.39 is 48.6 Å². The lowest BCUT2D eigenvalue weighted by molar-refractivity contribution is -0.311. The summed E-state index contributed by atoms with van der Waals surface area (Å²) in [5.41, 5.74) is -2.65. The molecule has 10 nitrogen and oxygen atoms in total. The van der Waals surface area contributed by atoms with Crippen molar-refractivity contribution >= 4 is 11.9 Å². The normalized spacial score (nSPS) is 17.3. The molecule has 0 fully saturated rings. The third-order valence-corrected chi connectivity index (χ3v) is 6.43. The van der Waals surface area contributed by atoms with Crippen LogP contribution in [0.15, 0.2) is 0 Å². The van der Waals surface area contributed by atoms with Gasteiger partial charge in [-0.25, -0.2) is 9.59 Å². The second-order valence-corrected chi connectivity index (χ2v) is 9.61. The highest BCUT2D eigenvalue weighted by molar-refractivity contribution is 5.88. The number of aliphatic carboxylic acids is 2. The Kier molecular flexibility index (Phi) is 20.8. The number of carboxylic acids is 2. The lowest BCUT2D eigenvalue weighted by Crippen LogP contribution is -2.64. The van der Waals surface area contributed by atoms with Gasteiger partial charge in [0.05, 0.1) is 0 Å². The molecule has 0 aromatic rings. The molecule has 0 heterocycles. The van der Waals surface area contributed by atoms with Gasteiger partial charge < -0.3 is 39.0 Å². The first-order valence-corrected chi connectivity index (χ1v) is 14.5. The minimum atomic E-state index is -2.65. The summed E-state index contributed by atoms with van der Waals surface area (Å²) in [5, 5.41) is 30.4. The number of carbonyl (C=O) groups is 2. The molecule has 0 spiro atoms. The van der Waals surface area contributed by atoms with Gasteiger partial charge in [-0.1, -0.05) is 65.2 Å². The summed E-state index contributed by atoms with van der Waals surface area (Å²) < 4.78 is 28.8. The van der Waals surface area contributed by atoms with Crippen molar-refractivity contribution in [1.82, 2.24) is 0 Å². The SMILES string of the molecule is CCCCCCCC(OCC)OC(C)OC(C(=O)O)(C(C)OC(CCCCCCC)OCC)C(O)C(=O)O. The second kappa shape index (κ2) is 21.5. The van der Waals surface area contributed by atoms with Crippen molar-refractivity contribution in [3.63, 3.8) is 0 Å². The second-order valence-electron chi connectivity index (χ2n) is 9.61. The Hall–Kier alpha value is -1.30. The molecule has 226 valence electrons. The molecule has 0 aliphatic heterocycles. The van der Waals surface area contributed by atoms with Crippen molar-refractivity contribution in [3.05, 3.63) is 0 Å². The third kappa shape index (κ3) is 13.7. The molecule has 10 heteroatoms. The van der Waals surface area contributed by atoms with Crippen LogP contribution in [0.5, 0.6) is 0 Å². The van der Waals surface area contributed by atoms with Gasteiger partial charge in [0, 0.05) is 13.2 Å². The highest BCUT2D eigenvalue weighted by Gasteiger charge is 2.57. The Labute approximate surface area is 229 Å². The first kappa shape index (κ1) is 36.7. The predicted octanol–water partition coefficient (Wildman–Crippen LogP) is 5.49. The van der Waals surface area contributed by atoms with Crippen molar-refractivity contribution in [3.8, 4) is 0 Å². The number of hydrogen-bond acceptors (Lipinski definition) is 8. The molecule has 0 saturated carbocycles. The van der Waals surface area contributed by atoms with Gasteiger partial charge in [-0.2, -0.15) is 0 Å². The molecule has 6 atom stereocenters. The van der Waals surface area contributed by atoms with Gasteiger partial charge in [0.25, 0.3) is 0 Å². The summed E-state index contributed by atoms with van der Waals surface area (Å²) in [6, 6.07) is 0. The Bertz CT molecular complexity index is 616. The molecule has 0 amide bonds. The van der Waals surface area contributed by atoms with Gasteiger partial charge in [0.1, 0.15) is 6.10 Å². The van der Waals surface area contributed by atoms with Crippen LogP contribution in [0, 0.1) is 0 Å². The van der Waals surface area contributed by atoms with Gasteiger partial charge in [-0.3, -0.25) is 0 Å². The minimum Gasteiger partial charge on any atom is -0.479 e. The van der Waals surface area contributed by atoms with Crippen LogP contribution in [-0.2, 0) is 33.3 Å². The molecule has 0 radical (unpaired) electrons. The van der Waals surface area contributed by atoms with Crippen molar-refractivity contribution in [1.29, 1.82) is 0 Å². The maximum Gasteiger partial charge on any atom is 0.342 e. The number of aliphatic hydroxyl groups is 1. The maximum absolute atomic E-state index is 12.5. The fourth-order valence-electron chi connectivity index (χ4n) is 4.33. The van der Waals surface area contributed by atoms with Crippen LogP contribution in [0.25, 0.3) is 0 Å². The molecule has 0 rings (SSSR count). The van der Waals surface area contributed by atoms with E-state index in [1.807, 2.05) is 6.92 Å². The summed E-state index contributed by atoms with van der Waals surface area (Å²) in [7, 11) is 0. The predicted molar refractivity (Wildman–Crippen MR) is 144 cm³/mol. The zero-order valence-corrected chi connectivity index (χ0v) is 24.5. The lowest BCUT2D eigenvalue weighted by Gasteiger charge is -2.40. The largest absolute Gasteiger partial charge is 0.479 e. The van der Waals surface area contributed by atoms with Crippen LogP contribution in [0.3, 0.4) is 0 Å². The van der Waals surface area contributed by atoms with Crippen LogP contribution in [0.2, 0.25) is 0 Å². The Morgan fingerprint density at radius 3 is 1.55 bits per heavy atom. The Morgan fingerprint density at radius 2 is 1.16 bits per heavy atom. The van der Waals surface area contributed by atoms with E-state index in [0.29, 0.717) is 26.1 Å². The Balaban J connectivity index is 5.62. The molecule has 3 N–H and O–H groups in total. The topological polar surface area (TPSA) is 141 Å². The molecule has 0 aliphatic rings. The first-order valence-electron chi connectivity index (χ1n) is 14.5. The molecule has 0 saturated heterocycles. The van der Waals surface area contributed by atoms with Crippen LogP contribution in [0.4, 0.5) is 0 Å². The van der Waals surface area contributed by atoms with Crippen LogP contribution < -0.4 is 0 Å². The number of unbranched alkanes of at least 4 members (excludes halogenated alkanes) is 8. The maximum atomic E-state index is 12.5. The zero-order chi connectivity index (χ0) is 29.0. The number of aliphatic hydroxyl groups excluding tert-OH is 1. The fourth-order valence-corrected chi connectivity index (χ4v) is 4.33. The number of rotatable bonds is 26. The summed E-state index contributed by atoms with van der Waals surface area (Å²) >= 11 is 0. The van der Waals surface area contributed by atoms with Crippen molar-refractivity contribution in [2.45, 2.75) is 155 Å². The average molecular weight is 551 g/mol. The van der Waals surface area contributed by atoms with Crippen LogP contribution in [-0.4, -0.2) is 77.2 Å². The van der Waals surface area contributed by atoms with E-state index in [-0.39, 0.29) is 0 Å². The minimum absolute atomic E-state index is 0.322. The fraction of sp³-hybridized carbons (Fsp3) is 0.929. The molecule has 0 aromatic carbocycles. The molecule has 0 aliphatic carbocycles. The number of ether oxygens (including phenoxy) is 5. The molecule has 0 aromatic heterocycles. The van der Waals surface area contributed by atoms with E-state index in [1.54, 1.807) is 6.92 Å². The summed E-state index contributed by atoms with van der Waals surface area (Å²) in [5.74, 6) is -3.43.